The van der Waals surface area contributed by atoms with E-state index >= 15 is 0 Å². The van der Waals surface area contributed by atoms with Gasteiger partial charge in [-0.15, -0.1) is 0 Å². The Morgan fingerprint density at radius 1 is 1.33 bits per heavy atom. The standard InChI is InChI=1S/C16H17ClF3N3O/c1-9-6-10(2)23(22-9)11(3)7-15(24)21-12-4-5-14(17)13(8-12)16(18,19)20/h4-6,8,11H,7H2,1-3H3,(H,21,24). The minimum absolute atomic E-state index is 0.0530. The quantitative estimate of drug-likeness (QED) is 0.855. The molecule has 0 aliphatic heterocycles. The lowest BCUT2D eigenvalue weighted by molar-refractivity contribution is -0.137. The number of benzene rings is 1. The van der Waals surface area contributed by atoms with Gasteiger partial charge in [0, 0.05) is 17.8 Å². The molecule has 0 radical (unpaired) electrons. The van der Waals surface area contributed by atoms with Crippen molar-refractivity contribution in [1.29, 1.82) is 0 Å². The average molecular weight is 360 g/mol. The van der Waals surface area contributed by atoms with Crippen molar-refractivity contribution in [2.75, 3.05) is 5.32 Å². The van der Waals surface area contributed by atoms with Crippen molar-refractivity contribution in [2.45, 2.75) is 39.4 Å². The van der Waals surface area contributed by atoms with Crippen LogP contribution in [0.2, 0.25) is 5.02 Å². The fourth-order valence-electron chi connectivity index (χ4n) is 2.48. The first kappa shape index (κ1) is 18.3. The third-order valence-electron chi connectivity index (χ3n) is 3.50. The number of carbonyl (C=O) groups excluding carboxylic acids is 1. The summed E-state index contributed by atoms with van der Waals surface area (Å²) in [5.74, 6) is -0.398. The van der Waals surface area contributed by atoms with E-state index in [4.69, 9.17) is 11.6 Å². The predicted octanol–water partition coefficient (Wildman–Crippen LogP) is 4.76. The maximum Gasteiger partial charge on any atom is 0.417 e. The van der Waals surface area contributed by atoms with E-state index in [9.17, 15) is 18.0 Å². The summed E-state index contributed by atoms with van der Waals surface area (Å²) in [6.07, 6.45) is -4.49. The first-order chi connectivity index (χ1) is 11.1. The van der Waals surface area contributed by atoms with Crippen molar-refractivity contribution >= 4 is 23.2 Å². The van der Waals surface area contributed by atoms with Crippen molar-refractivity contribution in [3.63, 3.8) is 0 Å². The number of hydrogen-bond acceptors (Lipinski definition) is 2. The van der Waals surface area contributed by atoms with E-state index < -0.39 is 22.7 Å². The Bertz CT molecular complexity index is 756. The van der Waals surface area contributed by atoms with Gasteiger partial charge in [0.15, 0.2) is 0 Å². The zero-order valence-electron chi connectivity index (χ0n) is 13.4. The lowest BCUT2D eigenvalue weighted by Crippen LogP contribution is -2.19. The van der Waals surface area contributed by atoms with Crippen molar-refractivity contribution in [1.82, 2.24) is 9.78 Å². The number of rotatable bonds is 4. The van der Waals surface area contributed by atoms with Gasteiger partial charge in [0.05, 0.1) is 22.3 Å². The number of halogens is 4. The summed E-state index contributed by atoms with van der Waals surface area (Å²) >= 11 is 5.56. The monoisotopic (exact) mass is 359 g/mol. The summed E-state index contributed by atoms with van der Waals surface area (Å²) < 4.78 is 40.2. The van der Waals surface area contributed by atoms with Crippen LogP contribution < -0.4 is 5.32 Å². The summed E-state index contributed by atoms with van der Waals surface area (Å²) in [5.41, 5.74) is 0.830. The van der Waals surface area contributed by atoms with Gasteiger partial charge < -0.3 is 5.32 Å². The van der Waals surface area contributed by atoms with Crippen LogP contribution in [-0.2, 0) is 11.0 Å². The highest BCUT2D eigenvalue weighted by Gasteiger charge is 2.33. The topological polar surface area (TPSA) is 46.9 Å². The lowest BCUT2D eigenvalue weighted by atomic mass is 10.1. The fraction of sp³-hybridized carbons (Fsp3) is 0.375. The van der Waals surface area contributed by atoms with Crippen LogP contribution in [0, 0.1) is 13.8 Å². The van der Waals surface area contributed by atoms with Crippen LogP contribution in [0.4, 0.5) is 18.9 Å². The highest BCUT2D eigenvalue weighted by Crippen LogP contribution is 2.36. The molecule has 0 fully saturated rings. The molecule has 4 nitrogen and oxygen atoms in total. The molecular weight excluding hydrogens is 343 g/mol. The number of anilines is 1. The van der Waals surface area contributed by atoms with Crippen molar-refractivity contribution in [2.24, 2.45) is 0 Å². The Hall–Kier alpha value is -2.02. The molecule has 24 heavy (non-hydrogen) atoms. The van der Waals surface area contributed by atoms with Gasteiger partial charge in [-0.2, -0.15) is 18.3 Å². The van der Waals surface area contributed by atoms with E-state index in [0.717, 1.165) is 23.5 Å². The molecule has 2 rings (SSSR count). The van der Waals surface area contributed by atoms with Crippen LogP contribution in [0.1, 0.15) is 36.3 Å². The molecule has 0 aliphatic rings. The highest BCUT2D eigenvalue weighted by atomic mass is 35.5. The van der Waals surface area contributed by atoms with Gasteiger partial charge >= 0.3 is 6.18 Å². The molecule has 1 aromatic carbocycles. The molecule has 0 aliphatic carbocycles. The van der Waals surface area contributed by atoms with Crippen molar-refractivity contribution in [3.8, 4) is 0 Å². The molecule has 1 heterocycles. The lowest BCUT2D eigenvalue weighted by Gasteiger charge is -2.15. The van der Waals surface area contributed by atoms with Crippen LogP contribution in [0.25, 0.3) is 0 Å². The first-order valence-electron chi connectivity index (χ1n) is 7.27. The second-order valence-corrected chi connectivity index (χ2v) is 6.07. The molecule has 8 heteroatoms. The summed E-state index contributed by atoms with van der Waals surface area (Å²) in [4.78, 5) is 12.1. The van der Waals surface area contributed by atoms with E-state index in [1.165, 1.54) is 6.07 Å². The molecule has 0 bridgehead atoms. The average Bonchev–Trinajstić information content (AvgIpc) is 2.78. The molecule has 1 N–H and O–H groups in total. The Balaban J connectivity index is 2.09. The maximum atomic E-state index is 12.8. The zero-order chi connectivity index (χ0) is 18.1. The Morgan fingerprint density at radius 3 is 2.54 bits per heavy atom. The van der Waals surface area contributed by atoms with E-state index in [-0.39, 0.29) is 18.2 Å². The normalized spacial score (nSPS) is 13.0. The number of aromatic nitrogens is 2. The van der Waals surface area contributed by atoms with Crippen LogP contribution in [-0.4, -0.2) is 15.7 Å². The van der Waals surface area contributed by atoms with Crippen LogP contribution in [0.15, 0.2) is 24.3 Å². The number of carbonyl (C=O) groups is 1. The molecule has 0 saturated carbocycles. The van der Waals surface area contributed by atoms with E-state index in [1.807, 2.05) is 26.8 Å². The second kappa shape index (κ2) is 6.84. The molecule has 1 aromatic heterocycles. The van der Waals surface area contributed by atoms with Crippen LogP contribution >= 0.6 is 11.6 Å². The Kier molecular flexibility index (Phi) is 5.22. The van der Waals surface area contributed by atoms with Gasteiger partial charge in [0.2, 0.25) is 5.91 Å². The highest BCUT2D eigenvalue weighted by molar-refractivity contribution is 6.31. The molecule has 130 valence electrons. The molecule has 2 aromatic rings. The van der Waals surface area contributed by atoms with Gasteiger partial charge in [-0.05, 0) is 45.0 Å². The Morgan fingerprint density at radius 2 is 2.00 bits per heavy atom. The molecule has 1 amide bonds. The predicted molar refractivity (Wildman–Crippen MR) is 86.1 cm³/mol. The van der Waals surface area contributed by atoms with Crippen LogP contribution in [0.5, 0.6) is 0 Å². The number of nitrogens with zero attached hydrogens (tertiary/aromatic N) is 2. The minimum Gasteiger partial charge on any atom is -0.326 e. The zero-order valence-corrected chi connectivity index (χ0v) is 14.2. The SMILES string of the molecule is Cc1cc(C)n(C(C)CC(=O)Nc2ccc(Cl)c(C(F)(F)F)c2)n1. The minimum atomic E-state index is -4.57. The van der Waals surface area contributed by atoms with Crippen molar-refractivity contribution in [3.05, 3.63) is 46.2 Å². The van der Waals surface area contributed by atoms with Crippen molar-refractivity contribution < 1.29 is 18.0 Å². The third-order valence-corrected chi connectivity index (χ3v) is 3.83. The fourth-order valence-corrected chi connectivity index (χ4v) is 2.70. The Labute approximate surface area is 142 Å². The summed E-state index contributed by atoms with van der Waals surface area (Å²) in [6, 6.07) is 4.96. The largest absolute Gasteiger partial charge is 0.417 e. The third kappa shape index (κ3) is 4.29. The number of hydrogen-bond donors (Lipinski definition) is 1. The van der Waals surface area contributed by atoms with E-state index in [2.05, 4.69) is 10.4 Å². The number of aryl methyl sites for hydroxylation is 2. The van der Waals surface area contributed by atoms with Gasteiger partial charge in [0.1, 0.15) is 0 Å². The molecule has 1 unspecified atom stereocenters. The molecule has 0 saturated heterocycles. The first-order valence-corrected chi connectivity index (χ1v) is 7.65. The molecular formula is C16H17ClF3N3O. The number of alkyl halides is 3. The summed E-state index contributed by atoms with van der Waals surface area (Å²) in [5, 5.41) is 6.36. The van der Waals surface area contributed by atoms with Gasteiger partial charge in [-0.3, -0.25) is 9.48 Å². The molecule has 0 spiro atoms. The van der Waals surface area contributed by atoms with E-state index in [1.54, 1.807) is 4.68 Å². The van der Waals surface area contributed by atoms with Gasteiger partial charge in [-0.25, -0.2) is 0 Å². The molecule has 1 atom stereocenters. The van der Waals surface area contributed by atoms with Crippen LogP contribution in [0.3, 0.4) is 0 Å². The summed E-state index contributed by atoms with van der Waals surface area (Å²) in [6.45, 7) is 5.55. The van der Waals surface area contributed by atoms with E-state index in [0.29, 0.717) is 0 Å². The summed E-state index contributed by atoms with van der Waals surface area (Å²) in [7, 11) is 0. The number of amides is 1. The van der Waals surface area contributed by atoms with Gasteiger partial charge in [-0.1, -0.05) is 11.6 Å². The van der Waals surface area contributed by atoms with Gasteiger partial charge in [0.25, 0.3) is 0 Å². The number of nitrogens with one attached hydrogen (secondary N) is 1. The smallest absolute Gasteiger partial charge is 0.326 e. The maximum absolute atomic E-state index is 12.8. The second-order valence-electron chi connectivity index (χ2n) is 5.67.